The van der Waals surface area contributed by atoms with Gasteiger partial charge in [-0.1, -0.05) is 0 Å². The van der Waals surface area contributed by atoms with Gasteiger partial charge in [0.2, 0.25) is 10.0 Å². The molecule has 1 aliphatic rings. The number of hydrogen-bond donors (Lipinski definition) is 0. The van der Waals surface area contributed by atoms with Gasteiger partial charge in [-0.3, -0.25) is 0 Å². The van der Waals surface area contributed by atoms with Crippen molar-refractivity contribution in [2.24, 2.45) is 0 Å². The van der Waals surface area contributed by atoms with Crippen molar-refractivity contribution in [3.8, 4) is 0 Å². The summed E-state index contributed by atoms with van der Waals surface area (Å²) in [4.78, 5) is 2.69. The maximum atomic E-state index is 12.8. The van der Waals surface area contributed by atoms with Crippen LogP contribution in [-0.2, 0) is 10.0 Å². The third-order valence-electron chi connectivity index (χ3n) is 3.90. The predicted octanol–water partition coefficient (Wildman–Crippen LogP) is 3.09. The molecule has 21 heavy (non-hydrogen) atoms. The van der Waals surface area contributed by atoms with Gasteiger partial charge in [0.1, 0.15) is 0 Å². The van der Waals surface area contributed by atoms with E-state index in [-0.39, 0.29) is 12.1 Å². The van der Waals surface area contributed by atoms with Crippen LogP contribution in [0.15, 0.2) is 29.2 Å². The quantitative estimate of drug-likeness (QED) is 0.839. The van der Waals surface area contributed by atoms with Gasteiger partial charge in [0.25, 0.3) is 0 Å². The second-order valence-corrected chi connectivity index (χ2v) is 8.05. The Hall–Kier alpha value is -1.07. The Morgan fingerprint density at radius 1 is 0.952 bits per heavy atom. The Morgan fingerprint density at radius 2 is 1.43 bits per heavy atom. The molecule has 5 heteroatoms. The summed E-state index contributed by atoms with van der Waals surface area (Å²) in [6, 6.07) is 7.23. The van der Waals surface area contributed by atoms with Crippen LogP contribution >= 0.6 is 0 Å². The van der Waals surface area contributed by atoms with E-state index in [1.165, 1.54) is 12.8 Å². The van der Waals surface area contributed by atoms with Gasteiger partial charge in [0.15, 0.2) is 0 Å². The normalized spacial score (nSPS) is 16.4. The van der Waals surface area contributed by atoms with Crippen molar-refractivity contribution in [2.75, 3.05) is 18.0 Å². The van der Waals surface area contributed by atoms with Crippen molar-refractivity contribution in [2.45, 2.75) is 57.5 Å². The molecule has 0 unspecified atom stereocenters. The van der Waals surface area contributed by atoms with Crippen LogP contribution in [0.2, 0.25) is 0 Å². The summed E-state index contributed by atoms with van der Waals surface area (Å²) in [6.45, 7) is 9.78. The first kappa shape index (κ1) is 16.3. The molecule has 0 spiro atoms. The molecule has 0 saturated carbocycles. The van der Waals surface area contributed by atoms with Gasteiger partial charge in [-0.25, -0.2) is 8.42 Å². The fourth-order valence-corrected chi connectivity index (χ4v) is 4.91. The molecule has 1 fully saturated rings. The SMILES string of the molecule is CC(C)N(C(C)C)S(=O)(=O)c1ccc(N2CCCC2)cc1. The first-order valence-corrected chi connectivity index (χ1v) is 9.16. The summed E-state index contributed by atoms with van der Waals surface area (Å²) in [6.07, 6.45) is 2.43. The van der Waals surface area contributed by atoms with Crippen molar-refractivity contribution >= 4 is 15.7 Å². The van der Waals surface area contributed by atoms with Crippen LogP contribution in [0.1, 0.15) is 40.5 Å². The maximum Gasteiger partial charge on any atom is 0.243 e. The van der Waals surface area contributed by atoms with E-state index >= 15 is 0 Å². The average molecular weight is 310 g/mol. The van der Waals surface area contributed by atoms with Gasteiger partial charge < -0.3 is 4.90 Å². The molecular formula is C16H26N2O2S. The Morgan fingerprint density at radius 3 is 1.86 bits per heavy atom. The minimum Gasteiger partial charge on any atom is -0.372 e. The monoisotopic (exact) mass is 310 g/mol. The van der Waals surface area contributed by atoms with Crippen LogP contribution < -0.4 is 4.90 Å². The van der Waals surface area contributed by atoms with Crippen molar-refractivity contribution < 1.29 is 8.42 Å². The fraction of sp³-hybridized carbons (Fsp3) is 0.625. The summed E-state index contributed by atoms with van der Waals surface area (Å²) >= 11 is 0. The second kappa shape index (κ2) is 6.36. The molecule has 0 bridgehead atoms. The lowest BCUT2D eigenvalue weighted by Crippen LogP contribution is -2.41. The molecule has 1 aliphatic heterocycles. The molecule has 1 saturated heterocycles. The largest absolute Gasteiger partial charge is 0.372 e. The summed E-state index contributed by atoms with van der Waals surface area (Å²) < 4.78 is 27.1. The van der Waals surface area contributed by atoms with Crippen LogP contribution in [0, 0.1) is 0 Å². The molecule has 2 rings (SSSR count). The highest BCUT2D eigenvalue weighted by molar-refractivity contribution is 7.89. The van der Waals surface area contributed by atoms with Crippen LogP contribution in [0.4, 0.5) is 5.69 Å². The van der Waals surface area contributed by atoms with E-state index in [4.69, 9.17) is 0 Å². The van der Waals surface area contributed by atoms with Crippen LogP contribution in [0.25, 0.3) is 0 Å². The third kappa shape index (κ3) is 3.40. The predicted molar refractivity (Wildman–Crippen MR) is 87.2 cm³/mol. The first-order chi connectivity index (χ1) is 9.84. The van der Waals surface area contributed by atoms with Gasteiger partial charge in [0.05, 0.1) is 4.90 Å². The number of benzene rings is 1. The molecule has 4 nitrogen and oxygen atoms in total. The van der Waals surface area contributed by atoms with Crippen LogP contribution in [-0.4, -0.2) is 37.9 Å². The Kier molecular flexibility index (Phi) is 4.94. The fourth-order valence-electron chi connectivity index (χ4n) is 3.08. The number of rotatable bonds is 5. The molecule has 0 amide bonds. The second-order valence-electron chi connectivity index (χ2n) is 6.21. The zero-order valence-electron chi connectivity index (χ0n) is 13.4. The molecule has 0 aromatic heterocycles. The van der Waals surface area contributed by atoms with Gasteiger partial charge in [-0.2, -0.15) is 4.31 Å². The Balaban J connectivity index is 2.27. The molecule has 0 aliphatic carbocycles. The Labute approximate surface area is 128 Å². The lowest BCUT2D eigenvalue weighted by molar-refractivity contribution is 0.302. The van der Waals surface area contributed by atoms with E-state index in [9.17, 15) is 8.42 Å². The molecule has 0 atom stereocenters. The van der Waals surface area contributed by atoms with Crippen molar-refractivity contribution in [1.82, 2.24) is 4.31 Å². The zero-order valence-corrected chi connectivity index (χ0v) is 14.2. The van der Waals surface area contributed by atoms with Gasteiger partial charge in [-0.15, -0.1) is 0 Å². The summed E-state index contributed by atoms with van der Waals surface area (Å²) in [5.74, 6) is 0. The summed E-state index contributed by atoms with van der Waals surface area (Å²) in [5, 5.41) is 0. The molecule has 0 N–H and O–H groups in total. The average Bonchev–Trinajstić information content (AvgIpc) is 2.91. The van der Waals surface area contributed by atoms with Crippen LogP contribution in [0.3, 0.4) is 0 Å². The molecule has 118 valence electrons. The first-order valence-electron chi connectivity index (χ1n) is 7.72. The third-order valence-corrected chi connectivity index (χ3v) is 6.17. The minimum atomic E-state index is -3.43. The van der Waals surface area contributed by atoms with E-state index < -0.39 is 10.0 Å². The highest BCUT2D eigenvalue weighted by atomic mass is 32.2. The number of anilines is 1. The smallest absolute Gasteiger partial charge is 0.243 e. The molecule has 1 aromatic rings. The van der Waals surface area contributed by atoms with Gasteiger partial charge >= 0.3 is 0 Å². The van der Waals surface area contributed by atoms with Crippen molar-refractivity contribution in [3.63, 3.8) is 0 Å². The van der Waals surface area contributed by atoms with E-state index in [1.807, 2.05) is 39.8 Å². The summed E-state index contributed by atoms with van der Waals surface area (Å²) in [5.41, 5.74) is 1.12. The van der Waals surface area contributed by atoms with Crippen LogP contribution in [0.5, 0.6) is 0 Å². The topological polar surface area (TPSA) is 40.6 Å². The maximum absolute atomic E-state index is 12.8. The van der Waals surface area contributed by atoms with E-state index in [2.05, 4.69) is 4.90 Å². The van der Waals surface area contributed by atoms with Gasteiger partial charge in [0, 0.05) is 30.9 Å². The molecule has 0 radical (unpaired) electrons. The number of sulfonamides is 1. The van der Waals surface area contributed by atoms with E-state index in [0.29, 0.717) is 4.90 Å². The number of nitrogens with zero attached hydrogens (tertiary/aromatic N) is 2. The number of hydrogen-bond acceptors (Lipinski definition) is 3. The minimum absolute atomic E-state index is 0.0479. The lowest BCUT2D eigenvalue weighted by atomic mass is 10.3. The highest BCUT2D eigenvalue weighted by Gasteiger charge is 2.29. The van der Waals surface area contributed by atoms with E-state index in [1.54, 1.807) is 16.4 Å². The lowest BCUT2D eigenvalue weighted by Gasteiger charge is -2.29. The molecule has 1 heterocycles. The summed E-state index contributed by atoms with van der Waals surface area (Å²) in [7, 11) is -3.43. The zero-order chi connectivity index (χ0) is 15.6. The van der Waals surface area contributed by atoms with Crippen molar-refractivity contribution in [3.05, 3.63) is 24.3 Å². The standard InChI is InChI=1S/C16H26N2O2S/c1-13(2)18(14(3)4)21(19,20)16-9-7-15(8-10-16)17-11-5-6-12-17/h7-10,13-14H,5-6,11-12H2,1-4H3. The molecular weight excluding hydrogens is 284 g/mol. The van der Waals surface area contributed by atoms with Crippen molar-refractivity contribution in [1.29, 1.82) is 0 Å². The van der Waals surface area contributed by atoms with Gasteiger partial charge in [-0.05, 0) is 64.8 Å². The Bertz CT molecular complexity index is 550. The van der Waals surface area contributed by atoms with E-state index in [0.717, 1.165) is 18.8 Å². The molecule has 1 aromatic carbocycles. The highest BCUT2D eigenvalue weighted by Crippen LogP contribution is 2.25.